The number of ether oxygens (including phenoxy) is 1. The third-order valence-electron chi connectivity index (χ3n) is 5.05. The summed E-state index contributed by atoms with van der Waals surface area (Å²) in [4.78, 5) is 27.1. The van der Waals surface area contributed by atoms with Gasteiger partial charge in [0.25, 0.3) is 11.8 Å². The molecule has 4 rings (SSSR count). The quantitative estimate of drug-likeness (QED) is 0.715. The van der Waals surface area contributed by atoms with Gasteiger partial charge >= 0.3 is 0 Å². The number of nitrogens with zero attached hydrogens (tertiary/aromatic N) is 1. The largest absolute Gasteiger partial charge is 0.479 e. The van der Waals surface area contributed by atoms with E-state index in [2.05, 4.69) is 5.32 Å². The van der Waals surface area contributed by atoms with Crippen molar-refractivity contribution < 1.29 is 14.3 Å². The molecule has 0 saturated carbocycles. The minimum Gasteiger partial charge on any atom is -0.479 e. The molecule has 0 fully saturated rings. The average molecular weight is 386 g/mol. The first kappa shape index (κ1) is 18.7. The van der Waals surface area contributed by atoms with E-state index in [1.54, 1.807) is 42.2 Å². The third-order valence-corrected chi connectivity index (χ3v) is 5.05. The lowest BCUT2D eigenvalue weighted by Crippen LogP contribution is -2.44. The molecule has 1 unspecified atom stereocenters. The maximum atomic E-state index is 12.9. The highest BCUT2D eigenvalue weighted by atomic mass is 16.5. The number of aryl methyl sites for hydroxylation is 1. The van der Waals surface area contributed by atoms with Gasteiger partial charge in [0.15, 0.2) is 6.10 Å². The van der Waals surface area contributed by atoms with Gasteiger partial charge in [-0.15, -0.1) is 0 Å². The smallest absolute Gasteiger partial charge is 0.268 e. The van der Waals surface area contributed by atoms with Crippen LogP contribution in [0, 0.1) is 6.92 Å². The first-order valence-corrected chi connectivity index (χ1v) is 9.56. The second-order valence-corrected chi connectivity index (χ2v) is 7.11. The van der Waals surface area contributed by atoms with Crippen molar-refractivity contribution in [2.24, 2.45) is 0 Å². The fourth-order valence-corrected chi connectivity index (χ4v) is 3.40. The number of rotatable bonds is 4. The van der Waals surface area contributed by atoms with E-state index in [0.29, 0.717) is 29.2 Å². The third kappa shape index (κ3) is 3.85. The van der Waals surface area contributed by atoms with Gasteiger partial charge in [-0.25, -0.2) is 0 Å². The molecule has 1 heterocycles. The Bertz CT molecular complexity index is 1060. The Kier molecular flexibility index (Phi) is 5.04. The molecule has 0 spiro atoms. The van der Waals surface area contributed by atoms with Crippen LogP contribution in [0.5, 0.6) is 5.75 Å². The van der Waals surface area contributed by atoms with Crippen LogP contribution < -0.4 is 15.0 Å². The summed E-state index contributed by atoms with van der Waals surface area (Å²) in [5, 5.41) is 2.90. The Balaban J connectivity index is 1.65. The van der Waals surface area contributed by atoms with E-state index in [1.165, 1.54) is 0 Å². The number of hydrogen-bond donors (Lipinski definition) is 1. The number of benzene rings is 3. The molecule has 0 bridgehead atoms. The summed E-state index contributed by atoms with van der Waals surface area (Å²) in [7, 11) is 0. The highest BCUT2D eigenvalue weighted by Gasteiger charge is 2.32. The predicted molar refractivity (Wildman–Crippen MR) is 113 cm³/mol. The molecule has 1 atom stereocenters. The van der Waals surface area contributed by atoms with E-state index in [0.717, 1.165) is 11.1 Å². The Morgan fingerprint density at radius 2 is 1.76 bits per heavy atom. The number of carbonyl (C=O) groups excluding carboxylic acids is 2. The van der Waals surface area contributed by atoms with Crippen LogP contribution in [0.4, 0.5) is 11.4 Å². The maximum absolute atomic E-state index is 12.9. The molecule has 146 valence electrons. The number of anilines is 2. The van der Waals surface area contributed by atoms with E-state index in [-0.39, 0.29) is 11.8 Å². The van der Waals surface area contributed by atoms with Crippen LogP contribution in [-0.2, 0) is 11.3 Å². The molecule has 0 saturated heterocycles. The fourth-order valence-electron chi connectivity index (χ4n) is 3.40. The van der Waals surface area contributed by atoms with Gasteiger partial charge in [0.2, 0.25) is 0 Å². The molecule has 1 aliphatic rings. The molecule has 5 heteroatoms. The molecule has 0 aliphatic carbocycles. The number of hydrogen-bond acceptors (Lipinski definition) is 3. The lowest BCUT2D eigenvalue weighted by atomic mass is 10.1. The second-order valence-electron chi connectivity index (χ2n) is 7.11. The predicted octanol–water partition coefficient (Wildman–Crippen LogP) is 4.56. The van der Waals surface area contributed by atoms with Gasteiger partial charge in [-0.2, -0.15) is 0 Å². The summed E-state index contributed by atoms with van der Waals surface area (Å²) in [6, 6.07) is 22.4. The summed E-state index contributed by atoms with van der Waals surface area (Å²) in [5.74, 6) is 0.322. The molecule has 2 amide bonds. The zero-order valence-electron chi connectivity index (χ0n) is 16.4. The van der Waals surface area contributed by atoms with E-state index in [9.17, 15) is 9.59 Å². The highest BCUT2D eigenvalue weighted by Crippen LogP contribution is 2.37. The van der Waals surface area contributed by atoms with Crippen molar-refractivity contribution in [3.63, 3.8) is 0 Å². The van der Waals surface area contributed by atoms with Crippen molar-refractivity contribution in [1.29, 1.82) is 0 Å². The highest BCUT2D eigenvalue weighted by molar-refractivity contribution is 6.05. The number of carbonyl (C=O) groups is 2. The van der Waals surface area contributed by atoms with Crippen molar-refractivity contribution in [3.05, 3.63) is 89.5 Å². The standard InChI is InChI=1S/C24H22N2O3/c1-16-8-6-7-11-19(16)15-26-21-14-20(12-13-22(21)29-17(2)24(26)28)25-23(27)18-9-4-3-5-10-18/h3-14,17H,15H2,1-2H3,(H,25,27). The monoisotopic (exact) mass is 386 g/mol. The molecule has 0 radical (unpaired) electrons. The van der Waals surface area contributed by atoms with Gasteiger partial charge in [0, 0.05) is 11.3 Å². The Morgan fingerprint density at radius 1 is 1.03 bits per heavy atom. The number of fused-ring (bicyclic) bond motifs is 1. The minimum absolute atomic E-state index is 0.104. The van der Waals surface area contributed by atoms with Crippen LogP contribution >= 0.6 is 0 Å². The molecule has 1 N–H and O–H groups in total. The number of amides is 2. The van der Waals surface area contributed by atoms with Crippen LogP contribution in [-0.4, -0.2) is 17.9 Å². The molecule has 29 heavy (non-hydrogen) atoms. The molecular weight excluding hydrogens is 364 g/mol. The lowest BCUT2D eigenvalue weighted by Gasteiger charge is -2.33. The van der Waals surface area contributed by atoms with Crippen LogP contribution in [0.3, 0.4) is 0 Å². The summed E-state index contributed by atoms with van der Waals surface area (Å²) < 4.78 is 5.78. The average Bonchev–Trinajstić information content (AvgIpc) is 2.73. The summed E-state index contributed by atoms with van der Waals surface area (Å²) in [5.41, 5.74) is 4.03. The van der Waals surface area contributed by atoms with Gasteiger partial charge in [0.1, 0.15) is 5.75 Å². The Morgan fingerprint density at radius 3 is 2.52 bits per heavy atom. The maximum Gasteiger partial charge on any atom is 0.268 e. The van der Waals surface area contributed by atoms with Gasteiger partial charge in [-0.1, -0.05) is 42.5 Å². The number of nitrogens with one attached hydrogen (secondary N) is 1. The van der Waals surface area contributed by atoms with Crippen LogP contribution in [0.25, 0.3) is 0 Å². The summed E-state index contributed by atoms with van der Waals surface area (Å²) in [6.45, 7) is 4.23. The van der Waals surface area contributed by atoms with E-state index in [4.69, 9.17) is 4.74 Å². The Labute approximate surface area is 169 Å². The lowest BCUT2D eigenvalue weighted by molar-refractivity contribution is -0.125. The van der Waals surface area contributed by atoms with Crippen molar-refractivity contribution in [2.75, 3.05) is 10.2 Å². The molecule has 3 aromatic rings. The van der Waals surface area contributed by atoms with Gasteiger partial charge in [-0.3, -0.25) is 9.59 Å². The summed E-state index contributed by atoms with van der Waals surface area (Å²) in [6.07, 6.45) is -0.559. The minimum atomic E-state index is -0.559. The molecular formula is C24H22N2O3. The summed E-state index contributed by atoms with van der Waals surface area (Å²) >= 11 is 0. The van der Waals surface area contributed by atoms with Crippen molar-refractivity contribution in [2.45, 2.75) is 26.5 Å². The zero-order chi connectivity index (χ0) is 20.4. The molecule has 0 aromatic heterocycles. The van der Waals surface area contributed by atoms with Crippen LogP contribution in [0.1, 0.15) is 28.4 Å². The Hall–Kier alpha value is -3.60. The van der Waals surface area contributed by atoms with E-state index < -0.39 is 6.10 Å². The van der Waals surface area contributed by atoms with E-state index >= 15 is 0 Å². The molecule has 1 aliphatic heterocycles. The topological polar surface area (TPSA) is 58.6 Å². The van der Waals surface area contributed by atoms with Crippen LogP contribution in [0.15, 0.2) is 72.8 Å². The van der Waals surface area contributed by atoms with Crippen LogP contribution in [0.2, 0.25) is 0 Å². The zero-order valence-corrected chi connectivity index (χ0v) is 16.4. The van der Waals surface area contributed by atoms with Crippen molar-refractivity contribution in [1.82, 2.24) is 0 Å². The first-order valence-electron chi connectivity index (χ1n) is 9.56. The van der Waals surface area contributed by atoms with Crippen molar-refractivity contribution >= 4 is 23.2 Å². The second kappa shape index (κ2) is 7.80. The van der Waals surface area contributed by atoms with Gasteiger partial charge in [-0.05, 0) is 55.3 Å². The molecule has 5 nitrogen and oxygen atoms in total. The SMILES string of the molecule is Cc1ccccc1CN1C(=O)C(C)Oc2ccc(NC(=O)c3ccccc3)cc21. The van der Waals surface area contributed by atoms with Gasteiger partial charge < -0.3 is 15.0 Å². The van der Waals surface area contributed by atoms with Gasteiger partial charge in [0.05, 0.1) is 12.2 Å². The van der Waals surface area contributed by atoms with E-state index in [1.807, 2.05) is 49.4 Å². The van der Waals surface area contributed by atoms with Crippen molar-refractivity contribution in [3.8, 4) is 5.75 Å². The fraction of sp³-hybridized carbons (Fsp3) is 0.167. The molecule has 3 aromatic carbocycles. The first-order chi connectivity index (χ1) is 14.0. The normalized spacial score (nSPS) is 15.4.